The first kappa shape index (κ1) is 19.3. The molecule has 0 saturated heterocycles. The fraction of sp³-hybridized carbons (Fsp3) is 0.471. The zero-order valence-electron chi connectivity index (χ0n) is 13.5. The Morgan fingerprint density at radius 1 is 1.29 bits per heavy atom. The van der Waals surface area contributed by atoms with Gasteiger partial charge in [-0.1, -0.05) is 38.5 Å². The van der Waals surface area contributed by atoms with Crippen LogP contribution in [0.5, 0.6) is 0 Å². The molecule has 1 amide bonds. The van der Waals surface area contributed by atoms with Crippen LogP contribution in [0.1, 0.15) is 41.0 Å². The third-order valence-corrected chi connectivity index (χ3v) is 3.10. The van der Waals surface area contributed by atoms with Gasteiger partial charge in [-0.25, -0.2) is 8.78 Å². The molecule has 0 aliphatic rings. The van der Waals surface area contributed by atoms with E-state index in [1.54, 1.807) is 13.8 Å². The molecular formula is C17H25F2NO. The molecule has 0 spiro atoms. The van der Waals surface area contributed by atoms with E-state index in [1.165, 1.54) is 0 Å². The molecule has 2 nitrogen and oxygen atoms in total. The standard InChI is InChI=1S/C17H25F2NO/c1-12(2)14(15(19)8-7-9-18)11-20-16(21)10-13(3)17(4,5)6/h7-9H,3,10-11H2,1-2,4-6H3,(H,20,21)/b9-7+,15-8+. The monoisotopic (exact) mass is 297 g/mol. The highest BCUT2D eigenvalue weighted by Gasteiger charge is 2.18. The first-order valence-corrected chi connectivity index (χ1v) is 6.83. The Hall–Kier alpha value is -1.71. The van der Waals surface area contributed by atoms with Gasteiger partial charge < -0.3 is 5.32 Å². The Morgan fingerprint density at radius 2 is 1.86 bits per heavy atom. The molecule has 0 radical (unpaired) electrons. The fourth-order valence-corrected chi connectivity index (χ4v) is 1.43. The highest BCUT2D eigenvalue weighted by atomic mass is 19.1. The molecule has 0 aliphatic heterocycles. The van der Waals surface area contributed by atoms with Gasteiger partial charge in [-0.2, -0.15) is 0 Å². The minimum atomic E-state index is -0.557. The van der Waals surface area contributed by atoms with E-state index in [4.69, 9.17) is 0 Å². The maximum atomic E-state index is 13.8. The molecule has 0 unspecified atom stereocenters. The number of halogens is 2. The number of hydrogen-bond donors (Lipinski definition) is 1. The van der Waals surface area contributed by atoms with Gasteiger partial charge in [-0.3, -0.25) is 4.79 Å². The molecule has 1 N–H and O–H groups in total. The van der Waals surface area contributed by atoms with E-state index in [1.807, 2.05) is 20.8 Å². The van der Waals surface area contributed by atoms with Crippen molar-refractivity contribution in [1.82, 2.24) is 5.32 Å². The normalized spacial score (nSPS) is 12.4. The van der Waals surface area contributed by atoms with Crippen LogP contribution in [-0.2, 0) is 4.79 Å². The van der Waals surface area contributed by atoms with Crippen molar-refractivity contribution in [2.75, 3.05) is 6.54 Å². The highest BCUT2D eigenvalue weighted by molar-refractivity contribution is 5.79. The average molecular weight is 297 g/mol. The maximum Gasteiger partial charge on any atom is 0.224 e. The summed E-state index contributed by atoms with van der Waals surface area (Å²) < 4.78 is 25.7. The van der Waals surface area contributed by atoms with Gasteiger partial charge in [-0.15, -0.1) is 0 Å². The van der Waals surface area contributed by atoms with Crippen molar-refractivity contribution in [3.8, 4) is 0 Å². The summed E-state index contributed by atoms with van der Waals surface area (Å²) in [6, 6.07) is 0. The van der Waals surface area contributed by atoms with Gasteiger partial charge in [0.05, 0.1) is 6.33 Å². The predicted octanol–water partition coefficient (Wildman–Crippen LogP) is 4.77. The van der Waals surface area contributed by atoms with Gasteiger partial charge in [0.25, 0.3) is 0 Å². The van der Waals surface area contributed by atoms with E-state index in [9.17, 15) is 13.6 Å². The zero-order chi connectivity index (χ0) is 16.6. The van der Waals surface area contributed by atoms with Gasteiger partial charge in [-0.05, 0) is 31.4 Å². The fourth-order valence-electron chi connectivity index (χ4n) is 1.43. The third kappa shape index (κ3) is 7.59. The quantitative estimate of drug-likeness (QED) is 0.555. The molecule has 0 bridgehead atoms. The second kappa shape index (κ2) is 8.55. The molecule has 118 valence electrons. The molecule has 0 fully saturated rings. The second-order valence-electron chi connectivity index (χ2n) is 6.12. The predicted molar refractivity (Wildman–Crippen MR) is 84.0 cm³/mol. The lowest BCUT2D eigenvalue weighted by Gasteiger charge is -2.21. The number of carbonyl (C=O) groups excluding carboxylic acids is 1. The van der Waals surface area contributed by atoms with Crippen LogP contribution in [0.15, 0.2) is 47.6 Å². The number of amides is 1. The molecule has 0 aliphatic carbocycles. The third-order valence-electron chi connectivity index (χ3n) is 3.10. The average Bonchev–Trinajstić information content (AvgIpc) is 2.34. The van der Waals surface area contributed by atoms with Crippen molar-refractivity contribution >= 4 is 5.91 Å². The van der Waals surface area contributed by atoms with Crippen molar-refractivity contribution < 1.29 is 13.6 Å². The maximum absolute atomic E-state index is 13.8. The van der Waals surface area contributed by atoms with Gasteiger partial charge in [0, 0.05) is 18.5 Å². The zero-order valence-corrected chi connectivity index (χ0v) is 13.5. The molecule has 0 atom stereocenters. The smallest absolute Gasteiger partial charge is 0.224 e. The highest BCUT2D eigenvalue weighted by Crippen LogP contribution is 2.26. The van der Waals surface area contributed by atoms with E-state index in [0.29, 0.717) is 5.57 Å². The number of rotatable bonds is 6. The topological polar surface area (TPSA) is 29.1 Å². The molecule has 0 heterocycles. The van der Waals surface area contributed by atoms with Crippen LogP contribution in [0.3, 0.4) is 0 Å². The lowest BCUT2D eigenvalue weighted by Crippen LogP contribution is -2.28. The summed E-state index contributed by atoms with van der Waals surface area (Å²) in [5, 5.41) is 2.67. The van der Waals surface area contributed by atoms with Crippen molar-refractivity contribution in [1.29, 1.82) is 0 Å². The van der Waals surface area contributed by atoms with Crippen molar-refractivity contribution in [3.63, 3.8) is 0 Å². The number of hydrogen-bond acceptors (Lipinski definition) is 1. The van der Waals surface area contributed by atoms with Gasteiger partial charge in [0.2, 0.25) is 5.91 Å². The van der Waals surface area contributed by atoms with E-state index in [2.05, 4.69) is 11.9 Å². The van der Waals surface area contributed by atoms with Crippen LogP contribution in [0.25, 0.3) is 0 Å². The Balaban J connectivity index is 4.71. The molecule has 0 aromatic carbocycles. The summed E-state index contributed by atoms with van der Waals surface area (Å²) in [5.41, 5.74) is 1.75. The lowest BCUT2D eigenvalue weighted by molar-refractivity contribution is -0.120. The van der Waals surface area contributed by atoms with E-state index in [0.717, 1.165) is 23.3 Å². The Bertz CT molecular complexity index is 476. The molecular weight excluding hydrogens is 272 g/mol. The molecule has 0 aromatic heterocycles. The van der Waals surface area contributed by atoms with E-state index in [-0.39, 0.29) is 30.6 Å². The van der Waals surface area contributed by atoms with Crippen molar-refractivity contribution in [2.24, 2.45) is 5.41 Å². The van der Waals surface area contributed by atoms with Gasteiger partial charge in [0.1, 0.15) is 5.83 Å². The van der Waals surface area contributed by atoms with Crippen molar-refractivity contribution in [2.45, 2.75) is 41.0 Å². The largest absolute Gasteiger partial charge is 0.352 e. The summed E-state index contributed by atoms with van der Waals surface area (Å²) in [5.74, 6) is -0.763. The van der Waals surface area contributed by atoms with Crippen LogP contribution in [0.4, 0.5) is 8.78 Å². The number of allylic oxidation sites excluding steroid dienone is 3. The molecule has 0 saturated carbocycles. The summed E-state index contributed by atoms with van der Waals surface area (Å²) in [7, 11) is 0. The van der Waals surface area contributed by atoms with E-state index >= 15 is 0 Å². The van der Waals surface area contributed by atoms with Crippen LogP contribution >= 0.6 is 0 Å². The minimum absolute atomic E-state index is 0.0705. The Labute approximate surface area is 126 Å². The number of nitrogens with one attached hydrogen (secondary N) is 1. The second-order valence-corrected chi connectivity index (χ2v) is 6.12. The van der Waals surface area contributed by atoms with Crippen molar-refractivity contribution in [3.05, 3.63) is 47.6 Å². The van der Waals surface area contributed by atoms with Crippen LogP contribution < -0.4 is 5.32 Å². The molecule has 0 aromatic rings. The first-order chi connectivity index (χ1) is 9.59. The minimum Gasteiger partial charge on any atom is -0.352 e. The first-order valence-electron chi connectivity index (χ1n) is 6.83. The van der Waals surface area contributed by atoms with Crippen LogP contribution in [0.2, 0.25) is 0 Å². The molecule has 0 rings (SSSR count). The summed E-state index contributed by atoms with van der Waals surface area (Å²) in [6.45, 7) is 13.4. The summed E-state index contributed by atoms with van der Waals surface area (Å²) >= 11 is 0. The molecule has 4 heteroatoms. The van der Waals surface area contributed by atoms with Gasteiger partial charge in [0.15, 0.2) is 0 Å². The summed E-state index contributed by atoms with van der Waals surface area (Å²) in [4.78, 5) is 11.9. The Morgan fingerprint density at radius 3 is 2.29 bits per heavy atom. The summed E-state index contributed by atoms with van der Waals surface area (Å²) in [6.07, 6.45) is 2.47. The van der Waals surface area contributed by atoms with Crippen LogP contribution in [-0.4, -0.2) is 12.5 Å². The molecule has 21 heavy (non-hydrogen) atoms. The van der Waals surface area contributed by atoms with E-state index < -0.39 is 5.83 Å². The number of carbonyl (C=O) groups is 1. The SMILES string of the molecule is C=C(CC(=O)NCC(=C(C)C)/C(F)=C\C=C\F)C(C)(C)C. The Kier molecular flexibility index (Phi) is 7.85. The van der Waals surface area contributed by atoms with Crippen LogP contribution in [0, 0.1) is 5.41 Å². The lowest BCUT2D eigenvalue weighted by atomic mass is 9.85. The van der Waals surface area contributed by atoms with Gasteiger partial charge >= 0.3 is 0 Å².